The number of likely N-dealkylation sites (N-methyl/N-ethyl adjacent to an activating group) is 1. The number of ether oxygens (including phenoxy) is 2. The van der Waals surface area contributed by atoms with Crippen molar-refractivity contribution in [3.8, 4) is 11.8 Å². The summed E-state index contributed by atoms with van der Waals surface area (Å²) < 4.78 is 17.0. The van der Waals surface area contributed by atoms with E-state index < -0.39 is 0 Å². The van der Waals surface area contributed by atoms with Crippen LogP contribution in [0.15, 0.2) is 22.7 Å². The first-order chi connectivity index (χ1) is 18.8. The third-order valence-corrected chi connectivity index (χ3v) is 6.45. The minimum Gasteiger partial charge on any atom is -0.479 e. The van der Waals surface area contributed by atoms with E-state index in [1.807, 2.05) is 6.92 Å². The minimum atomic E-state index is -0.356. The summed E-state index contributed by atoms with van der Waals surface area (Å²) in [6.45, 7) is 9.20. The summed E-state index contributed by atoms with van der Waals surface area (Å²) in [6.07, 6.45) is 2.52. The number of methoxy groups -OCH3 is 2. The first-order valence-corrected chi connectivity index (χ1v) is 13.0. The lowest BCUT2D eigenvalue weighted by Gasteiger charge is -2.32. The van der Waals surface area contributed by atoms with Gasteiger partial charge in [-0.2, -0.15) is 9.97 Å². The van der Waals surface area contributed by atoms with Crippen LogP contribution in [0.5, 0.6) is 11.8 Å². The molecule has 0 spiro atoms. The largest absolute Gasteiger partial charge is 0.479 e. The molecule has 1 aliphatic rings. The summed E-state index contributed by atoms with van der Waals surface area (Å²) in [5.74, 6) is 1.32. The molecule has 14 heteroatoms. The standard InChI is InChI=1S/C25H34ClN9O4/c1-16-15-28-24(26)30-21(16)29-18-7-8-19(39-18)35(17(2)36)20-22(37-4)31-25(32-23(20)38-5)27-9-6-10-34-13-11-33(3)12-14-34/h7-8,15H,6,9-14H2,1-5H3,(H,27,31,32)(H,28,29,30). The maximum atomic E-state index is 12.8. The molecule has 0 bridgehead atoms. The normalized spacial score (nSPS) is 14.2. The Morgan fingerprint density at radius 3 is 2.46 bits per heavy atom. The molecule has 0 saturated carbocycles. The number of nitrogens with zero attached hydrogens (tertiary/aromatic N) is 7. The van der Waals surface area contributed by atoms with Gasteiger partial charge in [0.25, 0.3) is 0 Å². The second-order valence-electron chi connectivity index (χ2n) is 9.13. The summed E-state index contributed by atoms with van der Waals surface area (Å²) in [5, 5.41) is 6.39. The fourth-order valence-electron chi connectivity index (χ4n) is 4.15. The van der Waals surface area contributed by atoms with Gasteiger partial charge >= 0.3 is 0 Å². The average molecular weight is 560 g/mol. The zero-order chi connectivity index (χ0) is 27.9. The fourth-order valence-corrected chi connectivity index (χ4v) is 4.28. The van der Waals surface area contributed by atoms with Crippen LogP contribution in [-0.4, -0.2) is 96.2 Å². The molecule has 1 amide bonds. The van der Waals surface area contributed by atoms with Gasteiger partial charge in [0.15, 0.2) is 5.69 Å². The Balaban J connectivity index is 1.51. The van der Waals surface area contributed by atoms with Crippen LogP contribution >= 0.6 is 11.6 Å². The van der Waals surface area contributed by atoms with Crippen molar-refractivity contribution in [2.75, 3.05) is 76.1 Å². The van der Waals surface area contributed by atoms with Crippen LogP contribution in [0.2, 0.25) is 5.28 Å². The minimum absolute atomic E-state index is 0.0971. The molecule has 3 aromatic heterocycles. The number of anilines is 5. The number of aromatic nitrogens is 4. The number of amides is 1. The Hall–Kier alpha value is -3.68. The van der Waals surface area contributed by atoms with Crippen molar-refractivity contribution in [3.05, 3.63) is 29.2 Å². The second kappa shape index (κ2) is 12.9. The van der Waals surface area contributed by atoms with E-state index in [2.05, 4.69) is 47.4 Å². The van der Waals surface area contributed by atoms with E-state index in [1.54, 1.807) is 18.3 Å². The van der Waals surface area contributed by atoms with Gasteiger partial charge in [0.1, 0.15) is 5.82 Å². The molecule has 1 fully saturated rings. The molecule has 1 saturated heterocycles. The first kappa shape index (κ1) is 28.3. The predicted octanol–water partition coefficient (Wildman–Crippen LogP) is 3.32. The molecule has 4 rings (SSSR count). The second-order valence-corrected chi connectivity index (χ2v) is 9.47. The van der Waals surface area contributed by atoms with Gasteiger partial charge in [0, 0.05) is 63.5 Å². The van der Waals surface area contributed by atoms with Crippen LogP contribution < -0.4 is 25.0 Å². The van der Waals surface area contributed by atoms with Gasteiger partial charge in [-0.25, -0.2) is 14.9 Å². The van der Waals surface area contributed by atoms with Gasteiger partial charge in [-0.1, -0.05) is 0 Å². The summed E-state index contributed by atoms with van der Waals surface area (Å²) in [5.41, 5.74) is 0.988. The highest BCUT2D eigenvalue weighted by Gasteiger charge is 2.29. The molecule has 13 nitrogen and oxygen atoms in total. The Labute approximate surface area is 232 Å². The van der Waals surface area contributed by atoms with Gasteiger partial charge < -0.3 is 34.3 Å². The number of halogens is 1. The molecule has 0 aliphatic carbocycles. The Kier molecular flexibility index (Phi) is 9.38. The van der Waals surface area contributed by atoms with Crippen molar-refractivity contribution < 1.29 is 18.7 Å². The number of nitrogens with one attached hydrogen (secondary N) is 2. The Morgan fingerprint density at radius 2 is 1.82 bits per heavy atom. The highest BCUT2D eigenvalue weighted by molar-refractivity contribution is 6.28. The quantitative estimate of drug-likeness (QED) is 0.263. The molecule has 4 heterocycles. The van der Waals surface area contributed by atoms with Gasteiger partial charge in [-0.05, 0) is 38.5 Å². The van der Waals surface area contributed by atoms with Crippen LogP contribution in [0.3, 0.4) is 0 Å². The highest BCUT2D eigenvalue weighted by Crippen LogP contribution is 2.41. The number of carbonyl (C=O) groups is 1. The maximum Gasteiger partial charge on any atom is 0.247 e. The number of hydrogen-bond acceptors (Lipinski definition) is 12. The van der Waals surface area contributed by atoms with Gasteiger partial charge in [-0.3, -0.25) is 4.79 Å². The summed E-state index contributed by atoms with van der Waals surface area (Å²) >= 11 is 5.92. The molecule has 2 N–H and O–H groups in total. The molecular weight excluding hydrogens is 526 g/mol. The lowest BCUT2D eigenvalue weighted by atomic mass is 10.3. The van der Waals surface area contributed by atoms with Crippen LogP contribution in [0, 0.1) is 6.92 Å². The third-order valence-electron chi connectivity index (χ3n) is 6.27. The number of aryl methyl sites for hydroxylation is 1. The number of rotatable bonds is 11. The highest BCUT2D eigenvalue weighted by atomic mass is 35.5. The zero-order valence-corrected chi connectivity index (χ0v) is 23.6. The molecule has 3 aromatic rings. The lowest BCUT2D eigenvalue weighted by molar-refractivity contribution is -0.116. The van der Waals surface area contributed by atoms with Crippen molar-refractivity contribution in [3.63, 3.8) is 0 Å². The van der Waals surface area contributed by atoms with E-state index in [4.69, 9.17) is 25.5 Å². The Morgan fingerprint density at radius 1 is 1.13 bits per heavy atom. The number of piperazine rings is 1. The summed E-state index contributed by atoms with van der Waals surface area (Å²) in [7, 11) is 5.09. The SMILES string of the molecule is COc1nc(NCCCN2CCN(C)CC2)nc(OC)c1N(C(C)=O)c1ccc(Nc2nc(Cl)ncc2C)o1. The van der Waals surface area contributed by atoms with E-state index in [1.165, 1.54) is 26.0 Å². The molecule has 0 radical (unpaired) electrons. The van der Waals surface area contributed by atoms with Crippen molar-refractivity contribution in [1.82, 2.24) is 29.7 Å². The smallest absolute Gasteiger partial charge is 0.247 e. The van der Waals surface area contributed by atoms with Crippen molar-refractivity contribution in [1.29, 1.82) is 0 Å². The number of carbonyl (C=O) groups excluding carboxylic acids is 1. The molecular formula is C25H34ClN9O4. The topological polar surface area (TPSA) is 134 Å². The van der Waals surface area contributed by atoms with Crippen molar-refractivity contribution in [2.24, 2.45) is 0 Å². The monoisotopic (exact) mass is 559 g/mol. The van der Waals surface area contributed by atoms with E-state index in [9.17, 15) is 4.79 Å². The molecule has 39 heavy (non-hydrogen) atoms. The molecule has 0 aromatic carbocycles. The van der Waals surface area contributed by atoms with Crippen molar-refractivity contribution >= 4 is 46.7 Å². The first-order valence-electron chi connectivity index (χ1n) is 12.6. The number of furan rings is 1. The van der Waals surface area contributed by atoms with E-state index in [0.29, 0.717) is 24.2 Å². The lowest BCUT2D eigenvalue weighted by Crippen LogP contribution is -2.44. The maximum absolute atomic E-state index is 12.8. The van der Waals surface area contributed by atoms with E-state index in [0.717, 1.165) is 44.7 Å². The average Bonchev–Trinajstić information content (AvgIpc) is 3.37. The summed E-state index contributed by atoms with van der Waals surface area (Å²) in [6, 6.07) is 3.29. The van der Waals surface area contributed by atoms with Crippen LogP contribution in [0.1, 0.15) is 18.9 Å². The van der Waals surface area contributed by atoms with Gasteiger partial charge in [0.2, 0.25) is 40.7 Å². The van der Waals surface area contributed by atoms with Gasteiger partial charge in [0.05, 0.1) is 14.2 Å². The third kappa shape index (κ3) is 7.05. The molecule has 210 valence electrons. The van der Waals surface area contributed by atoms with E-state index in [-0.39, 0.29) is 34.5 Å². The molecule has 0 atom stereocenters. The van der Waals surface area contributed by atoms with Crippen LogP contribution in [-0.2, 0) is 4.79 Å². The van der Waals surface area contributed by atoms with Crippen LogP contribution in [0.25, 0.3) is 0 Å². The van der Waals surface area contributed by atoms with Gasteiger partial charge in [-0.15, -0.1) is 0 Å². The van der Waals surface area contributed by atoms with Crippen LogP contribution in [0.4, 0.5) is 29.2 Å². The predicted molar refractivity (Wildman–Crippen MR) is 149 cm³/mol. The molecule has 0 unspecified atom stereocenters. The van der Waals surface area contributed by atoms with E-state index >= 15 is 0 Å². The fraction of sp³-hybridized carbons (Fsp3) is 0.480. The zero-order valence-electron chi connectivity index (χ0n) is 22.8. The Bertz CT molecular complexity index is 1260. The molecule has 1 aliphatic heterocycles. The summed E-state index contributed by atoms with van der Waals surface area (Å²) in [4.78, 5) is 36.0. The number of hydrogen-bond donors (Lipinski definition) is 2. The van der Waals surface area contributed by atoms with Crippen molar-refractivity contribution in [2.45, 2.75) is 20.3 Å².